The smallest absolute Gasteiger partial charge is 0.221 e. The van der Waals surface area contributed by atoms with Crippen LogP contribution in [0.4, 0.5) is 5.69 Å². The van der Waals surface area contributed by atoms with Crippen molar-refractivity contribution in [3.8, 4) is 0 Å². The predicted octanol–water partition coefficient (Wildman–Crippen LogP) is 3.87. The lowest BCUT2D eigenvalue weighted by atomic mass is 9.92. The zero-order chi connectivity index (χ0) is 19.6. The molecule has 1 unspecified atom stereocenters. The van der Waals surface area contributed by atoms with E-state index in [1.165, 1.54) is 13.0 Å². The SMILES string of the molecule is CCCCc1ccc(C(=O)C2C(=O)c3cccc(NC(C)=O)c3C2=O)cc1. The molecule has 0 bridgehead atoms. The van der Waals surface area contributed by atoms with Crippen LogP contribution in [0.3, 0.4) is 0 Å². The molecule has 5 nitrogen and oxygen atoms in total. The number of benzene rings is 2. The lowest BCUT2D eigenvalue weighted by Crippen LogP contribution is -2.26. The normalized spacial score (nSPS) is 15.6. The van der Waals surface area contributed by atoms with E-state index in [2.05, 4.69) is 12.2 Å². The first-order valence-corrected chi connectivity index (χ1v) is 9.06. The molecule has 0 fully saturated rings. The molecule has 0 saturated carbocycles. The van der Waals surface area contributed by atoms with Gasteiger partial charge in [0, 0.05) is 18.1 Å². The van der Waals surface area contributed by atoms with Crippen molar-refractivity contribution in [2.24, 2.45) is 5.92 Å². The average molecular weight is 363 g/mol. The Morgan fingerprint density at radius 2 is 1.70 bits per heavy atom. The summed E-state index contributed by atoms with van der Waals surface area (Å²) in [5.41, 5.74) is 2.04. The zero-order valence-corrected chi connectivity index (χ0v) is 15.4. The van der Waals surface area contributed by atoms with Gasteiger partial charge in [-0.3, -0.25) is 19.2 Å². The summed E-state index contributed by atoms with van der Waals surface area (Å²) < 4.78 is 0. The Kier molecular flexibility index (Phi) is 5.31. The fourth-order valence-corrected chi connectivity index (χ4v) is 3.36. The lowest BCUT2D eigenvalue weighted by molar-refractivity contribution is -0.114. The van der Waals surface area contributed by atoms with Gasteiger partial charge in [-0.25, -0.2) is 0 Å². The molecular formula is C22H21NO4. The van der Waals surface area contributed by atoms with E-state index in [9.17, 15) is 19.2 Å². The van der Waals surface area contributed by atoms with Crippen LogP contribution >= 0.6 is 0 Å². The van der Waals surface area contributed by atoms with Gasteiger partial charge in [0.2, 0.25) is 5.91 Å². The van der Waals surface area contributed by atoms with Crippen molar-refractivity contribution in [1.29, 1.82) is 0 Å². The standard InChI is InChI=1S/C22H21NO4/c1-3-4-6-14-9-11-15(12-10-14)20(25)19-21(26)16-7-5-8-17(23-13(2)24)18(16)22(19)27/h5,7-12,19H,3-4,6H2,1-2H3,(H,23,24). The van der Waals surface area contributed by atoms with E-state index in [1.54, 1.807) is 24.3 Å². The van der Waals surface area contributed by atoms with E-state index in [1.807, 2.05) is 12.1 Å². The number of amides is 1. The summed E-state index contributed by atoms with van der Waals surface area (Å²) in [6.07, 6.45) is 3.08. The zero-order valence-electron chi connectivity index (χ0n) is 15.4. The number of carbonyl (C=O) groups is 4. The quantitative estimate of drug-likeness (QED) is 0.624. The van der Waals surface area contributed by atoms with Crippen LogP contribution in [0, 0.1) is 5.92 Å². The van der Waals surface area contributed by atoms with Crippen molar-refractivity contribution >= 4 is 28.9 Å². The Morgan fingerprint density at radius 3 is 2.33 bits per heavy atom. The van der Waals surface area contributed by atoms with E-state index in [4.69, 9.17) is 0 Å². The Morgan fingerprint density at radius 1 is 1.00 bits per heavy atom. The van der Waals surface area contributed by atoms with Crippen LogP contribution in [0.15, 0.2) is 42.5 Å². The Labute approximate surface area is 157 Å². The molecule has 5 heteroatoms. The van der Waals surface area contributed by atoms with Crippen LogP contribution in [-0.4, -0.2) is 23.3 Å². The van der Waals surface area contributed by atoms with E-state index < -0.39 is 23.3 Å². The van der Waals surface area contributed by atoms with Crippen LogP contribution in [0.5, 0.6) is 0 Å². The minimum Gasteiger partial charge on any atom is -0.326 e. The average Bonchev–Trinajstić information content (AvgIpc) is 2.91. The molecule has 0 heterocycles. The van der Waals surface area contributed by atoms with Crippen molar-refractivity contribution in [3.05, 3.63) is 64.7 Å². The number of carbonyl (C=O) groups excluding carboxylic acids is 4. The van der Waals surface area contributed by atoms with Crippen LogP contribution in [-0.2, 0) is 11.2 Å². The molecule has 2 aromatic rings. The summed E-state index contributed by atoms with van der Waals surface area (Å²) >= 11 is 0. The number of Topliss-reactive ketones (excluding diaryl/α,β-unsaturated/α-hetero) is 3. The summed E-state index contributed by atoms with van der Waals surface area (Å²) in [5.74, 6) is -3.30. The van der Waals surface area contributed by atoms with Gasteiger partial charge < -0.3 is 5.32 Å². The Balaban J connectivity index is 1.89. The maximum atomic E-state index is 12.9. The number of hydrogen-bond acceptors (Lipinski definition) is 4. The lowest BCUT2D eigenvalue weighted by Gasteiger charge is -2.08. The first kappa shape index (κ1) is 18.7. The maximum Gasteiger partial charge on any atom is 0.221 e. The molecule has 0 saturated heterocycles. The molecule has 2 aromatic carbocycles. The van der Waals surface area contributed by atoms with Gasteiger partial charge in [0.05, 0.1) is 11.3 Å². The first-order chi connectivity index (χ1) is 12.9. The van der Waals surface area contributed by atoms with E-state index in [0.717, 1.165) is 24.8 Å². The number of aryl methyl sites for hydroxylation is 1. The summed E-state index contributed by atoms with van der Waals surface area (Å²) in [6, 6.07) is 11.7. The number of hydrogen-bond donors (Lipinski definition) is 1. The van der Waals surface area contributed by atoms with Crippen LogP contribution in [0.2, 0.25) is 0 Å². The number of fused-ring (bicyclic) bond motifs is 1. The molecule has 138 valence electrons. The molecule has 1 amide bonds. The molecule has 3 rings (SSSR count). The van der Waals surface area contributed by atoms with Crippen molar-refractivity contribution < 1.29 is 19.2 Å². The third kappa shape index (κ3) is 3.58. The minimum atomic E-state index is -1.38. The van der Waals surface area contributed by atoms with Gasteiger partial charge in [-0.05, 0) is 24.5 Å². The van der Waals surface area contributed by atoms with Crippen molar-refractivity contribution in [2.45, 2.75) is 33.1 Å². The molecule has 1 aliphatic carbocycles. The summed E-state index contributed by atoms with van der Waals surface area (Å²) in [5, 5.41) is 2.56. The second-order valence-corrected chi connectivity index (χ2v) is 6.74. The van der Waals surface area contributed by atoms with E-state index >= 15 is 0 Å². The highest BCUT2D eigenvalue weighted by Gasteiger charge is 2.44. The van der Waals surface area contributed by atoms with Gasteiger partial charge in [0.1, 0.15) is 5.92 Å². The third-order valence-electron chi connectivity index (χ3n) is 4.73. The van der Waals surface area contributed by atoms with Crippen molar-refractivity contribution in [3.63, 3.8) is 0 Å². The van der Waals surface area contributed by atoms with Crippen LogP contribution in [0.25, 0.3) is 0 Å². The van der Waals surface area contributed by atoms with Gasteiger partial charge in [-0.15, -0.1) is 0 Å². The third-order valence-corrected chi connectivity index (χ3v) is 4.73. The van der Waals surface area contributed by atoms with Gasteiger partial charge in [0.15, 0.2) is 17.3 Å². The van der Waals surface area contributed by atoms with Crippen LogP contribution in [0.1, 0.15) is 63.3 Å². The highest BCUT2D eigenvalue weighted by molar-refractivity contribution is 6.39. The highest BCUT2D eigenvalue weighted by atomic mass is 16.2. The minimum absolute atomic E-state index is 0.121. The Bertz CT molecular complexity index is 928. The summed E-state index contributed by atoms with van der Waals surface area (Å²) in [4.78, 5) is 49.8. The molecule has 0 spiro atoms. The molecule has 0 radical (unpaired) electrons. The molecular weight excluding hydrogens is 342 g/mol. The topological polar surface area (TPSA) is 80.3 Å². The Hall–Kier alpha value is -3.08. The predicted molar refractivity (Wildman–Crippen MR) is 102 cm³/mol. The molecule has 1 N–H and O–H groups in total. The van der Waals surface area contributed by atoms with Gasteiger partial charge in [-0.2, -0.15) is 0 Å². The van der Waals surface area contributed by atoms with Crippen molar-refractivity contribution in [1.82, 2.24) is 0 Å². The van der Waals surface area contributed by atoms with E-state index in [0.29, 0.717) is 5.56 Å². The van der Waals surface area contributed by atoms with Gasteiger partial charge in [-0.1, -0.05) is 49.7 Å². The number of nitrogens with one attached hydrogen (secondary N) is 1. The largest absolute Gasteiger partial charge is 0.326 e. The van der Waals surface area contributed by atoms with Gasteiger partial charge >= 0.3 is 0 Å². The molecule has 0 aromatic heterocycles. The van der Waals surface area contributed by atoms with Gasteiger partial charge in [0.25, 0.3) is 0 Å². The molecule has 27 heavy (non-hydrogen) atoms. The maximum absolute atomic E-state index is 12.9. The molecule has 0 aliphatic heterocycles. The second kappa shape index (κ2) is 7.66. The highest BCUT2D eigenvalue weighted by Crippen LogP contribution is 2.34. The summed E-state index contributed by atoms with van der Waals surface area (Å²) in [7, 11) is 0. The monoisotopic (exact) mass is 363 g/mol. The molecule has 1 atom stereocenters. The number of anilines is 1. The number of rotatable bonds is 6. The number of unbranched alkanes of at least 4 members (excludes halogenated alkanes) is 1. The first-order valence-electron chi connectivity index (χ1n) is 9.06. The molecule has 1 aliphatic rings. The van der Waals surface area contributed by atoms with Crippen molar-refractivity contribution in [2.75, 3.05) is 5.32 Å². The number of ketones is 3. The fraction of sp³-hybridized carbons (Fsp3) is 0.273. The summed E-state index contributed by atoms with van der Waals surface area (Å²) in [6.45, 7) is 3.44. The second-order valence-electron chi connectivity index (χ2n) is 6.74. The van der Waals surface area contributed by atoms with E-state index in [-0.39, 0.29) is 22.7 Å². The van der Waals surface area contributed by atoms with Crippen LogP contribution < -0.4 is 5.32 Å². The fourth-order valence-electron chi connectivity index (χ4n) is 3.36.